The Balaban J connectivity index is 2.04. The van der Waals surface area contributed by atoms with Crippen molar-refractivity contribution in [2.24, 2.45) is 5.41 Å². The number of allylic oxidation sites excluding steroid dienone is 1. The van der Waals surface area contributed by atoms with Crippen molar-refractivity contribution >= 4 is 21.8 Å². The summed E-state index contributed by atoms with van der Waals surface area (Å²) in [6, 6.07) is 0. The maximum absolute atomic E-state index is 13.3. The van der Waals surface area contributed by atoms with Crippen molar-refractivity contribution in [2.75, 3.05) is 0 Å². The lowest BCUT2D eigenvalue weighted by Gasteiger charge is -2.30. The van der Waals surface area contributed by atoms with Crippen molar-refractivity contribution in [2.45, 2.75) is 42.2 Å². The molecule has 6 nitrogen and oxygen atoms in total. The summed E-state index contributed by atoms with van der Waals surface area (Å²) in [6.45, 7) is 1.52. The lowest BCUT2D eigenvalue weighted by atomic mass is 9.73. The zero-order valence-corrected chi connectivity index (χ0v) is 12.0. The van der Waals surface area contributed by atoms with Crippen LogP contribution in [-0.4, -0.2) is 49.2 Å². The third-order valence-electron chi connectivity index (χ3n) is 4.44. The predicted molar refractivity (Wildman–Crippen MR) is 64.2 cm³/mol. The number of fused-ring (bicyclic) bond motifs is 1. The average molecular weight is 340 g/mol. The van der Waals surface area contributed by atoms with Gasteiger partial charge in [-0.25, -0.2) is 13.2 Å². The minimum atomic E-state index is -5.04. The Hall–Kier alpha value is -1.58. The Morgan fingerprint density at radius 3 is 2.64 bits per heavy atom. The molecule has 0 aromatic heterocycles. The number of rotatable bonds is 2. The van der Waals surface area contributed by atoms with Crippen molar-refractivity contribution in [3.63, 3.8) is 0 Å². The van der Waals surface area contributed by atoms with E-state index in [9.17, 15) is 31.2 Å². The number of carbonyl (C=O) groups excluding carboxylic acids is 2. The number of ether oxygens (including phenoxy) is 2. The van der Waals surface area contributed by atoms with Crippen molar-refractivity contribution in [1.29, 1.82) is 0 Å². The predicted octanol–water partition coefficient (Wildman–Crippen LogP) is 0.518. The largest absolute Gasteiger partial charge is 0.456 e. The van der Waals surface area contributed by atoms with Crippen LogP contribution in [0.3, 0.4) is 0 Å². The van der Waals surface area contributed by atoms with Crippen LogP contribution in [0, 0.1) is 5.41 Å². The molecule has 3 aliphatic heterocycles. The summed E-state index contributed by atoms with van der Waals surface area (Å²) < 4.78 is 74.0. The summed E-state index contributed by atoms with van der Waals surface area (Å²) in [4.78, 5) is 23.2. The number of sulfone groups is 1. The fraction of sp³-hybridized carbons (Fsp3) is 0.667. The van der Waals surface area contributed by atoms with Gasteiger partial charge in [-0.15, -0.1) is 0 Å². The van der Waals surface area contributed by atoms with Crippen molar-refractivity contribution in [3.05, 3.63) is 12.2 Å². The Morgan fingerprint density at radius 1 is 1.45 bits per heavy atom. The number of halogens is 3. The lowest BCUT2D eigenvalue weighted by Crippen LogP contribution is -2.52. The molecular weight excluding hydrogens is 329 g/mol. The molecule has 0 amide bonds. The molecule has 0 radical (unpaired) electrons. The van der Waals surface area contributed by atoms with Gasteiger partial charge in [-0.2, -0.15) is 13.2 Å². The van der Waals surface area contributed by atoms with E-state index >= 15 is 0 Å². The van der Waals surface area contributed by atoms with Gasteiger partial charge in [-0.3, -0.25) is 4.79 Å². The van der Waals surface area contributed by atoms with Crippen molar-refractivity contribution in [1.82, 2.24) is 0 Å². The molecule has 0 aromatic carbocycles. The molecule has 3 rings (SSSR count). The molecule has 5 atom stereocenters. The van der Waals surface area contributed by atoms with Crippen molar-refractivity contribution < 1.29 is 40.7 Å². The van der Waals surface area contributed by atoms with E-state index < -0.39 is 62.5 Å². The summed E-state index contributed by atoms with van der Waals surface area (Å²) in [6.07, 6.45) is -6.67. The van der Waals surface area contributed by atoms with Gasteiger partial charge in [-0.05, 0) is 13.3 Å². The zero-order chi connectivity index (χ0) is 16.5. The lowest BCUT2D eigenvalue weighted by molar-refractivity contribution is -0.222. The molecule has 3 heterocycles. The molecule has 122 valence electrons. The molecular formula is C12H11F3O6S. The van der Waals surface area contributed by atoms with E-state index in [2.05, 4.69) is 4.74 Å². The van der Waals surface area contributed by atoms with Gasteiger partial charge in [0.05, 0.1) is 0 Å². The zero-order valence-electron chi connectivity index (χ0n) is 11.2. The van der Waals surface area contributed by atoms with E-state index in [0.717, 1.165) is 6.08 Å². The molecule has 22 heavy (non-hydrogen) atoms. The number of hydrogen-bond acceptors (Lipinski definition) is 6. The molecule has 0 aromatic rings. The molecule has 3 saturated heterocycles. The molecule has 3 aliphatic rings. The monoisotopic (exact) mass is 340 g/mol. The molecule has 5 unspecified atom stereocenters. The van der Waals surface area contributed by atoms with E-state index in [1.165, 1.54) is 13.0 Å². The fourth-order valence-corrected chi connectivity index (χ4v) is 6.50. The smallest absolute Gasteiger partial charge is 0.406 e. The van der Waals surface area contributed by atoms with Crippen LogP contribution in [0.2, 0.25) is 0 Å². The van der Waals surface area contributed by atoms with E-state index in [4.69, 9.17) is 4.74 Å². The van der Waals surface area contributed by atoms with Gasteiger partial charge in [0.2, 0.25) is 0 Å². The highest BCUT2D eigenvalue weighted by molar-refractivity contribution is 7.93. The maximum Gasteiger partial charge on any atom is 0.406 e. The van der Waals surface area contributed by atoms with Gasteiger partial charge >= 0.3 is 18.1 Å². The van der Waals surface area contributed by atoms with Crippen LogP contribution in [0.4, 0.5) is 13.2 Å². The first-order valence-electron chi connectivity index (χ1n) is 6.41. The van der Waals surface area contributed by atoms with E-state index in [1.807, 2.05) is 0 Å². The van der Waals surface area contributed by atoms with Gasteiger partial charge in [0.15, 0.2) is 27.5 Å². The molecule has 2 bridgehead atoms. The first kappa shape index (κ1) is 15.3. The Bertz CT molecular complexity index is 681. The number of alkyl halides is 3. The molecule has 0 spiro atoms. The maximum atomic E-state index is 13.3. The van der Waals surface area contributed by atoms with Gasteiger partial charge < -0.3 is 9.47 Å². The number of carbonyl (C=O) groups is 2. The summed E-state index contributed by atoms with van der Waals surface area (Å²) in [5.74, 6) is -2.50. The number of esters is 2. The topological polar surface area (TPSA) is 86.7 Å². The van der Waals surface area contributed by atoms with Gasteiger partial charge in [0, 0.05) is 6.08 Å². The van der Waals surface area contributed by atoms with E-state index in [1.54, 1.807) is 0 Å². The third-order valence-corrected chi connectivity index (χ3v) is 7.10. The molecule has 3 fully saturated rings. The first-order valence-corrected chi connectivity index (χ1v) is 8.02. The SMILES string of the molecule is C/C=C\C(=O)OC1C2OC(=O)C3(C(F)(F)F)CC1S(=O)(=O)C23. The molecule has 0 N–H and O–H groups in total. The normalized spacial score (nSPS) is 41.9. The van der Waals surface area contributed by atoms with Crippen molar-refractivity contribution in [3.8, 4) is 0 Å². The average Bonchev–Trinajstić information content (AvgIpc) is 2.83. The molecule has 0 aliphatic carbocycles. The fourth-order valence-electron chi connectivity index (χ4n) is 3.57. The van der Waals surface area contributed by atoms with Crippen LogP contribution in [0.5, 0.6) is 0 Å². The summed E-state index contributed by atoms with van der Waals surface area (Å²) in [5.41, 5.74) is -3.04. The second-order valence-corrected chi connectivity index (χ2v) is 7.78. The van der Waals surface area contributed by atoms with Crippen LogP contribution in [-0.2, 0) is 28.9 Å². The highest BCUT2D eigenvalue weighted by Gasteiger charge is 2.86. The molecule has 0 saturated carbocycles. The highest BCUT2D eigenvalue weighted by Crippen LogP contribution is 2.64. The second kappa shape index (κ2) is 4.24. The second-order valence-electron chi connectivity index (χ2n) is 5.49. The summed E-state index contributed by atoms with van der Waals surface area (Å²) in [7, 11) is -4.28. The Labute approximate surface area is 123 Å². The van der Waals surface area contributed by atoms with Gasteiger partial charge in [0.25, 0.3) is 0 Å². The highest BCUT2D eigenvalue weighted by atomic mass is 32.2. The van der Waals surface area contributed by atoms with Crippen LogP contribution >= 0.6 is 0 Å². The standard InChI is InChI=1S/C12H11F3O6S/c1-2-3-6(16)20-7-5-4-11(12(13,14)15)9(22(5,18)19)8(7)21-10(11)17/h2-3,5,7-9H,4H2,1H3/b3-2-. The Morgan fingerprint density at radius 2 is 2.09 bits per heavy atom. The van der Waals surface area contributed by atoms with Gasteiger partial charge in [-0.1, -0.05) is 6.08 Å². The number of hydrogen-bond donors (Lipinski definition) is 0. The minimum absolute atomic E-state index is 0.893. The third kappa shape index (κ3) is 1.58. The summed E-state index contributed by atoms with van der Waals surface area (Å²) in [5, 5.41) is -3.62. The molecule has 10 heteroatoms. The minimum Gasteiger partial charge on any atom is -0.456 e. The van der Waals surface area contributed by atoms with Crippen LogP contribution in [0.25, 0.3) is 0 Å². The van der Waals surface area contributed by atoms with E-state index in [-0.39, 0.29) is 0 Å². The van der Waals surface area contributed by atoms with Crippen LogP contribution < -0.4 is 0 Å². The van der Waals surface area contributed by atoms with Gasteiger partial charge in [0.1, 0.15) is 10.5 Å². The Kier molecular flexibility index (Phi) is 2.95. The summed E-state index contributed by atoms with van der Waals surface area (Å²) >= 11 is 0. The quantitative estimate of drug-likeness (QED) is 0.538. The van der Waals surface area contributed by atoms with Crippen LogP contribution in [0.15, 0.2) is 12.2 Å². The van der Waals surface area contributed by atoms with E-state index in [0.29, 0.717) is 0 Å². The van der Waals surface area contributed by atoms with Crippen LogP contribution in [0.1, 0.15) is 13.3 Å². The first-order chi connectivity index (χ1) is 10.1.